The van der Waals surface area contributed by atoms with Crippen molar-refractivity contribution in [3.05, 3.63) is 102 Å². The number of carbonyl (C=O) groups is 3. The van der Waals surface area contributed by atoms with Crippen molar-refractivity contribution < 1.29 is 24.2 Å². The van der Waals surface area contributed by atoms with E-state index in [0.717, 1.165) is 46.4 Å². The second-order valence-electron chi connectivity index (χ2n) is 12.3. The Hall–Kier alpha value is -5.05. The van der Waals surface area contributed by atoms with Crippen molar-refractivity contribution in [2.24, 2.45) is 0 Å². The monoisotopic (exact) mass is 622 g/mol. The minimum atomic E-state index is -1.17. The van der Waals surface area contributed by atoms with E-state index in [0.29, 0.717) is 18.0 Å². The molecule has 9 heteroatoms. The molecule has 240 valence electrons. The van der Waals surface area contributed by atoms with Crippen molar-refractivity contribution in [3.63, 3.8) is 0 Å². The van der Waals surface area contributed by atoms with Crippen LogP contribution in [0.25, 0.3) is 22.5 Å². The summed E-state index contributed by atoms with van der Waals surface area (Å²) in [4.78, 5) is 46.7. The SMILES string of the molecule is CCCCOc1ccc(-c2cnc(-c3ccc(CC(NC(=O)c4ccc(C(C)(C)C)cc4)C(=O)NC(C)C(=O)O)cc3)nc2)cc1. The number of carboxylic acids is 1. The Kier molecular flexibility index (Phi) is 11.2. The van der Waals surface area contributed by atoms with Crippen molar-refractivity contribution in [1.29, 1.82) is 0 Å². The summed E-state index contributed by atoms with van der Waals surface area (Å²) in [7, 11) is 0. The number of rotatable bonds is 13. The fraction of sp³-hybridized carbons (Fsp3) is 0.324. The largest absolute Gasteiger partial charge is 0.494 e. The summed E-state index contributed by atoms with van der Waals surface area (Å²) >= 11 is 0. The zero-order valence-electron chi connectivity index (χ0n) is 27.0. The van der Waals surface area contributed by atoms with Crippen LogP contribution in [0, 0.1) is 0 Å². The summed E-state index contributed by atoms with van der Waals surface area (Å²) in [5.41, 5.74) is 4.84. The smallest absolute Gasteiger partial charge is 0.325 e. The highest BCUT2D eigenvalue weighted by Crippen LogP contribution is 2.24. The topological polar surface area (TPSA) is 131 Å². The second-order valence-corrected chi connectivity index (χ2v) is 12.3. The molecule has 1 heterocycles. The fourth-order valence-corrected chi connectivity index (χ4v) is 4.68. The Bertz CT molecular complexity index is 1610. The van der Waals surface area contributed by atoms with Crippen LogP contribution in [0.4, 0.5) is 0 Å². The van der Waals surface area contributed by atoms with Crippen LogP contribution in [0.15, 0.2) is 85.2 Å². The van der Waals surface area contributed by atoms with Crippen LogP contribution in [0.3, 0.4) is 0 Å². The van der Waals surface area contributed by atoms with Gasteiger partial charge < -0.3 is 20.5 Å². The standard InChI is InChI=1S/C37H42N4O5/c1-6-7-20-46-31-18-14-26(15-19-31)29-22-38-33(39-23-29)27-10-8-25(9-11-27)21-32(35(43)40-24(2)36(44)45)41-34(42)28-12-16-30(17-13-28)37(3,4)5/h8-19,22-24,32H,6-7,20-21H2,1-5H3,(H,40,43)(H,41,42)(H,44,45). The Balaban J connectivity index is 1.45. The van der Waals surface area contributed by atoms with Gasteiger partial charge in [0.15, 0.2) is 5.82 Å². The zero-order valence-corrected chi connectivity index (χ0v) is 27.0. The van der Waals surface area contributed by atoms with Gasteiger partial charge in [-0.2, -0.15) is 0 Å². The van der Waals surface area contributed by atoms with E-state index < -0.39 is 29.9 Å². The van der Waals surface area contributed by atoms with Crippen molar-refractivity contribution in [2.45, 2.75) is 71.4 Å². The molecule has 0 fully saturated rings. The van der Waals surface area contributed by atoms with E-state index in [2.05, 4.69) is 48.3 Å². The molecule has 3 N–H and O–H groups in total. The molecule has 2 unspecified atom stereocenters. The van der Waals surface area contributed by atoms with Crippen LogP contribution in [-0.2, 0) is 21.4 Å². The molecule has 0 aliphatic carbocycles. The second kappa shape index (κ2) is 15.3. The number of ether oxygens (including phenoxy) is 1. The molecule has 3 aromatic carbocycles. The normalized spacial score (nSPS) is 12.5. The Morgan fingerprint density at radius 2 is 1.43 bits per heavy atom. The minimum absolute atomic E-state index is 0.0703. The maximum absolute atomic E-state index is 13.1. The van der Waals surface area contributed by atoms with Crippen molar-refractivity contribution in [3.8, 4) is 28.3 Å². The lowest BCUT2D eigenvalue weighted by atomic mass is 9.86. The van der Waals surface area contributed by atoms with Gasteiger partial charge in [-0.15, -0.1) is 0 Å². The van der Waals surface area contributed by atoms with Gasteiger partial charge in [0.05, 0.1) is 6.61 Å². The van der Waals surface area contributed by atoms with E-state index in [4.69, 9.17) is 4.74 Å². The van der Waals surface area contributed by atoms with Crippen LogP contribution in [0.5, 0.6) is 5.75 Å². The third-order valence-corrected chi connectivity index (χ3v) is 7.62. The number of amides is 2. The number of nitrogens with zero attached hydrogens (tertiary/aromatic N) is 2. The van der Waals surface area contributed by atoms with Crippen molar-refractivity contribution in [1.82, 2.24) is 20.6 Å². The molecule has 0 saturated heterocycles. The number of benzene rings is 3. The first kappa shape index (κ1) is 33.8. The Labute approximate surface area is 270 Å². The maximum Gasteiger partial charge on any atom is 0.325 e. The number of nitrogens with one attached hydrogen (secondary N) is 2. The highest BCUT2D eigenvalue weighted by atomic mass is 16.5. The summed E-state index contributed by atoms with van der Waals surface area (Å²) in [5, 5.41) is 14.6. The molecule has 9 nitrogen and oxygen atoms in total. The van der Waals surface area contributed by atoms with E-state index in [1.54, 1.807) is 24.5 Å². The molecule has 0 spiro atoms. The van der Waals surface area contributed by atoms with Gasteiger partial charge in [0.2, 0.25) is 5.91 Å². The Morgan fingerprint density at radius 1 is 0.826 bits per heavy atom. The van der Waals surface area contributed by atoms with Gasteiger partial charge in [0.1, 0.15) is 17.8 Å². The van der Waals surface area contributed by atoms with Gasteiger partial charge in [-0.1, -0.05) is 82.6 Å². The zero-order chi connectivity index (χ0) is 33.3. The molecule has 4 rings (SSSR count). The summed E-state index contributed by atoms with van der Waals surface area (Å²) in [6.45, 7) is 10.5. The molecule has 2 amide bonds. The summed E-state index contributed by atoms with van der Waals surface area (Å²) in [6.07, 6.45) is 5.81. The van der Waals surface area contributed by atoms with Crippen LogP contribution in [0.1, 0.15) is 68.9 Å². The van der Waals surface area contributed by atoms with Gasteiger partial charge in [-0.05, 0) is 59.7 Å². The molecule has 1 aromatic heterocycles. The number of carboxylic acid groups (broad SMARTS) is 1. The third-order valence-electron chi connectivity index (χ3n) is 7.62. The molecule has 0 radical (unpaired) electrons. The molecule has 0 aliphatic heterocycles. The third kappa shape index (κ3) is 9.23. The van der Waals surface area contributed by atoms with E-state index in [1.165, 1.54) is 6.92 Å². The molecule has 46 heavy (non-hydrogen) atoms. The van der Waals surface area contributed by atoms with Gasteiger partial charge in [-0.3, -0.25) is 14.4 Å². The average molecular weight is 623 g/mol. The number of hydrogen-bond acceptors (Lipinski definition) is 6. The fourth-order valence-electron chi connectivity index (χ4n) is 4.68. The molecule has 4 aromatic rings. The molecule has 2 atom stereocenters. The summed E-state index contributed by atoms with van der Waals surface area (Å²) in [5.74, 6) is -0.794. The van der Waals surface area contributed by atoms with E-state index in [9.17, 15) is 19.5 Å². The molecule has 0 bridgehead atoms. The first-order valence-corrected chi connectivity index (χ1v) is 15.5. The molecular formula is C37H42N4O5. The number of unbranched alkanes of at least 4 members (excludes halogenated alkanes) is 1. The number of carbonyl (C=O) groups excluding carboxylic acids is 2. The van der Waals surface area contributed by atoms with Crippen molar-refractivity contribution >= 4 is 17.8 Å². The first-order valence-electron chi connectivity index (χ1n) is 15.5. The molecular weight excluding hydrogens is 580 g/mol. The lowest BCUT2D eigenvalue weighted by Crippen LogP contribution is -2.51. The maximum atomic E-state index is 13.1. The van der Waals surface area contributed by atoms with Crippen LogP contribution in [0.2, 0.25) is 0 Å². The number of aliphatic carboxylic acids is 1. The quantitative estimate of drug-likeness (QED) is 0.151. The number of aromatic nitrogens is 2. The van der Waals surface area contributed by atoms with Crippen LogP contribution >= 0.6 is 0 Å². The summed E-state index contributed by atoms with van der Waals surface area (Å²) < 4.78 is 5.74. The Morgan fingerprint density at radius 3 is 2.00 bits per heavy atom. The summed E-state index contributed by atoms with van der Waals surface area (Å²) in [6, 6.07) is 20.4. The van der Waals surface area contributed by atoms with Crippen molar-refractivity contribution in [2.75, 3.05) is 6.61 Å². The van der Waals surface area contributed by atoms with Gasteiger partial charge >= 0.3 is 5.97 Å². The lowest BCUT2D eigenvalue weighted by molar-refractivity contribution is -0.141. The molecule has 0 aliphatic rings. The van der Waals surface area contributed by atoms with Crippen LogP contribution < -0.4 is 15.4 Å². The van der Waals surface area contributed by atoms with E-state index >= 15 is 0 Å². The van der Waals surface area contributed by atoms with E-state index in [-0.39, 0.29) is 11.8 Å². The van der Waals surface area contributed by atoms with Gasteiger partial charge in [-0.25, -0.2) is 9.97 Å². The highest BCUT2D eigenvalue weighted by Gasteiger charge is 2.25. The first-order chi connectivity index (χ1) is 21.9. The number of hydrogen-bond donors (Lipinski definition) is 3. The molecule has 0 saturated carbocycles. The van der Waals surface area contributed by atoms with Crippen LogP contribution in [-0.4, -0.2) is 51.5 Å². The lowest BCUT2D eigenvalue weighted by Gasteiger charge is -2.21. The highest BCUT2D eigenvalue weighted by molar-refractivity contribution is 5.98. The predicted molar refractivity (Wildman–Crippen MR) is 179 cm³/mol. The van der Waals surface area contributed by atoms with Gasteiger partial charge in [0, 0.05) is 35.5 Å². The minimum Gasteiger partial charge on any atom is -0.494 e. The average Bonchev–Trinajstić information content (AvgIpc) is 3.05. The van der Waals surface area contributed by atoms with Gasteiger partial charge in [0.25, 0.3) is 5.91 Å². The van der Waals surface area contributed by atoms with E-state index in [1.807, 2.05) is 60.7 Å². The predicted octanol–water partition coefficient (Wildman–Crippen LogP) is 6.22.